The van der Waals surface area contributed by atoms with E-state index < -0.39 is 0 Å². The van der Waals surface area contributed by atoms with Crippen molar-refractivity contribution in [2.24, 2.45) is 5.92 Å². The summed E-state index contributed by atoms with van der Waals surface area (Å²) in [7, 11) is 0. The van der Waals surface area contributed by atoms with Gasteiger partial charge in [0, 0.05) is 32.7 Å². The zero-order valence-corrected chi connectivity index (χ0v) is 18.0. The average Bonchev–Trinajstić information content (AvgIpc) is 3.23. The van der Waals surface area contributed by atoms with Gasteiger partial charge in [-0.25, -0.2) is 13.5 Å². The van der Waals surface area contributed by atoms with Crippen molar-refractivity contribution in [3.8, 4) is 0 Å². The molecule has 8 heteroatoms. The second-order valence-corrected chi connectivity index (χ2v) is 8.37. The van der Waals surface area contributed by atoms with E-state index in [-0.39, 0.29) is 17.7 Å². The van der Waals surface area contributed by atoms with Gasteiger partial charge in [0.2, 0.25) is 0 Å². The van der Waals surface area contributed by atoms with E-state index in [2.05, 4.69) is 39.2 Å². The summed E-state index contributed by atoms with van der Waals surface area (Å²) in [6.07, 6.45) is 0.967. The van der Waals surface area contributed by atoms with E-state index in [1.54, 1.807) is 18.2 Å². The van der Waals surface area contributed by atoms with Crippen molar-refractivity contribution in [2.45, 2.75) is 32.9 Å². The molecule has 6 nitrogen and oxygen atoms in total. The Morgan fingerprint density at radius 3 is 2.32 bits per heavy atom. The van der Waals surface area contributed by atoms with E-state index in [1.165, 1.54) is 18.2 Å². The highest BCUT2D eigenvalue weighted by atomic mass is 19.1. The zero-order valence-electron chi connectivity index (χ0n) is 18.0. The molecule has 31 heavy (non-hydrogen) atoms. The van der Waals surface area contributed by atoms with Crippen LogP contribution in [0.15, 0.2) is 48.5 Å². The number of hydrogen-bond donors (Lipinski definition) is 0. The van der Waals surface area contributed by atoms with Gasteiger partial charge in [0.15, 0.2) is 5.82 Å². The minimum Gasteiger partial charge on any atom is -0.367 e. The second-order valence-electron chi connectivity index (χ2n) is 8.37. The fourth-order valence-corrected chi connectivity index (χ4v) is 4.04. The zero-order chi connectivity index (χ0) is 21.8. The van der Waals surface area contributed by atoms with Crippen molar-refractivity contribution < 1.29 is 8.78 Å². The first-order valence-electron chi connectivity index (χ1n) is 10.8. The quantitative estimate of drug-likeness (QED) is 0.573. The number of aromatic nitrogens is 4. The Kier molecular flexibility index (Phi) is 6.56. The summed E-state index contributed by atoms with van der Waals surface area (Å²) >= 11 is 0. The first kappa shape index (κ1) is 21.4. The molecule has 0 spiro atoms. The summed E-state index contributed by atoms with van der Waals surface area (Å²) in [4.78, 5) is 4.36. The molecule has 0 saturated carbocycles. The second kappa shape index (κ2) is 9.51. The van der Waals surface area contributed by atoms with Gasteiger partial charge in [-0.15, -0.1) is 5.10 Å². The number of para-hydroxylation sites is 1. The lowest BCUT2D eigenvalue weighted by molar-refractivity contribution is 0.199. The van der Waals surface area contributed by atoms with E-state index in [9.17, 15) is 8.78 Å². The van der Waals surface area contributed by atoms with Crippen molar-refractivity contribution in [1.82, 2.24) is 25.1 Å². The van der Waals surface area contributed by atoms with E-state index in [1.807, 2.05) is 16.8 Å². The first-order valence-corrected chi connectivity index (χ1v) is 10.8. The molecule has 0 radical (unpaired) electrons. The Morgan fingerprint density at radius 2 is 1.65 bits per heavy atom. The van der Waals surface area contributed by atoms with Crippen molar-refractivity contribution in [2.75, 3.05) is 31.1 Å². The van der Waals surface area contributed by atoms with Crippen molar-refractivity contribution in [1.29, 1.82) is 0 Å². The summed E-state index contributed by atoms with van der Waals surface area (Å²) in [5.41, 5.74) is 1.57. The highest BCUT2D eigenvalue weighted by Crippen LogP contribution is 2.30. The van der Waals surface area contributed by atoms with E-state index >= 15 is 0 Å². The molecule has 4 rings (SSSR count). The molecule has 3 aromatic rings. The Labute approximate surface area is 181 Å². The molecule has 2 aromatic carbocycles. The Balaban J connectivity index is 1.59. The van der Waals surface area contributed by atoms with E-state index in [0.29, 0.717) is 37.8 Å². The fourth-order valence-electron chi connectivity index (χ4n) is 4.04. The highest BCUT2D eigenvalue weighted by Gasteiger charge is 2.31. The van der Waals surface area contributed by atoms with Crippen LogP contribution in [0.1, 0.15) is 37.7 Å². The summed E-state index contributed by atoms with van der Waals surface area (Å²) < 4.78 is 29.7. The molecule has 0 aliphatic carbocycles. The molecule has 0 amide bonds. The summed E-state index contributed by atoms with van der Waals surface area (Å²) in [6, 6.07) is 13.2. The van der Waals surface area contributed by atoms with Crippen LogP contribution in [0.3, 0.4) is 0 Å². The molecule has 0 N–H and O–H groups in total. The third-order valence-electron chi connectivity index (χ3n) is 5.78. The lowest BCUT2D eigenvalue weighted by Gasteiger charge is -2.40. The molecule has 1 fully saturated rings. The number of aryl methyl sites for hydroxylation is 1. The van der Waals surface area contributed by atoms with Crippen molar-refractivity contribution in [3.63, 3.8) is 0 Å². The van der Waals surface area contributed by atoms with Crippen LogP contribution in [0.4, 0.5) is 14.5 Å². The van der Waals surface area contributed by atoms with Gasteiger partial charge in [-0.1, -0.05) is 38.1 Å². The van der Waals surface area contributed by atoms with Gasteiger partial charge in [0.05, 0.1) is 11.7 Å². The third kappa shape index (κ3) is 4.90. The van der Waals surface area contributed by atoms with Crippen molar-refractivity contribution in [3.05, 3.63) is 71.6 Å². The summed E-state index contributed by atoms with van der Waals surface area (Å²) in [6.45, 7) is 7.87. The largest absolute Gasteiger partial charge is 0.367 e. The van der Waals surface area contributed by atoms with E-state index in [0.717, 1.165) is 24.4 Å². The van der Waals surface area contributed by atoms with Crippen molar-refractivity contribution >= 4 is 5.69 Å². The molecule has 1 aliphatic heterocycles. The number of halogens is 2. The average molecular weight is 427 g/mol. The lowest BCUT2D eigenvalue weighted by Crippen LogP contribution is -2.48. The van der Waals surface area contributed by atoms with Gasteiger partial charge in [0.1, 0.15) is 11.6 Å². The SMILES string of the molecule is CC(C)CCn1nnnc1C(c1ccc(F)cc1)N1CCN(c2ccccc2F)CC1. The van der Waals surface area contributed by atoms with Crippen LogP contribution in [-0.4, -0.2) is 51.3 Å². The van der Waals surface area contributed by atoms with Crippen LogP contribution in [-0.2, 0) is 6.54 Å². The maximum Gasteiger partial charge on any atom is 0.173 e. The standard InChI is InChI=1S/C23H28F2N6/c1-17(2)11-12-31-23(26-27-28-31)22(18-7-9-19(24)10-8-18)30-15-13-29(14-16-30)21-6-4-3-5-20(21)25/h3-10,17,22H,11-16H2,1-2H3. The van der Waals surface area contributed by atoms with Crippen LogP contribution in [0.5, 0.6) is 0 Å². The number of tetrazole rings is 1. The fraction of sp³-hybridized carbons (Fsp3) is 0.435. The molecular weight excluding hydrogens is 398 g/mol. The molecule has 1 saturated heterocycles. The van der Waals surface area contributed by atoms with Gasteiger partial charge < -0.3 is 4.90 Å². The van der Waals surface area contributed by atoms with Gasteiger partial charge in [-0.3, -0.25) is 4.90 Å². The molecule has 2 heterocycles. The van der Waals surface area contributed by atoms with Crippen LogP contribution in [0.2, 0.25) is 0 Å². The molecule has 1 aromatic heterocycles. The van der Waals surface area contributed by atoms with Crippen LogP contribution >= 0.6 is 0 Å². The minimum atomic E-state index is -0.272. The van der Waals surface area contributed by atoms with Gasteiger partial charge in [-0.2, -0.15) is 0 Å². The monoisotopic (exact) mass is 426 g/mol. The summed E-state index contributed by atoms with van der Waals surface area (Å²) in [5, 5.41) is 12.5. The molecule has 1 unspecified atom stereocenters. The normalized spacial score (nSPS) is 16.1. The van der Waals surface area contributed by atoms with Crippen LogP contribution < -0.4 is 4.90 Å². The molecule has 0 bridgehead atoms. The number of nitrogens with zero attached hydrogens (tertiary/aromatic N) is 6. The number of rotatable bonds is 7. The maximum absolute atomic E-state index is 14.2. The lowest BCUT2D eigenvalue weighted by atomic mass is 10.0. The van der Waals surface area contributed by atoms with E-state index in [4.69, 9.17) is 0 Å². The summed E-state index contributed by atoms with van der Waals surface area (Å²) in [5.74, 6) is 0.812. The predicted molar refractivity (Wildman–Crippen MR) is 116 cm³/mol. The molecular formula is C23H28F2N6. The smallest absolute Gasteiger partial charge is 0.173 e. The van der Waals surface area contributed by atoms with Crippen LogP contribution in [0.25, 0.3) is 0 Å². The Hall–Kier alpha value is -2.87. The molecule has 1 atom stereocenters. The molecule has 164 valence electrons. The number of piperazine rings is 1. The minimum absolute atomic E-state index is 0.189. The van der Waals surface area contributed by atoms with Gasteiger partial charge in [0.25, 0.3) is 0 Å². The number of anilines is 1. The van der Waals surface area contributed by atoms with Crippen LogP contribution in [0, 0.1) is 17.6 Å². The number of hydrogen-bond acceptors (Lipinski definition) is 5. The Bertz CT molecular complexity index is 980. The highest BCUT2D eigenvalue weighted by molar-refractivity contribution is 5.48. The van der Waals surface area contributed by atoms with Gasteiger partial charge in [-0.05, 0) is 52.6 Å². The Morgan fingerprint density at radius 1 is 0.935 bits per heavy atom. The number of benzene rings is 2. The molecule has 1 aliphatic rings. The maximum atomic E-state index is 14.2. The third-order valence-corrected chi connectivity index (χ3v) is 5.78. The first-order chi connectivity index (χ1) is 15.0. The van der Waals surface area contributed by atoms with Gasteiger partial charge >= 0.3 is 0 Å². The topological polar surface area (TPSA) is 50.1 Å². The predicted octanol–water partition coefficient (Wildman–Crippen LogP) is 3.91.